The fourth-order valence-electron chi connectivity index (χ4n) is 3.79. The molecule has 0 saturated heterocycles. The summed E-state index contributed by atoms with van der Waals surface area (Å²) in [5.41, 5.74) is 3.07. The predicted molar refractivity (Wildman–Crippen MR) is 104 cm³/mol. The molecular weight excluding hydrogens is 413 g/mol. The minimum atomic E-state index is -4.78. The molecule has 2 amide bonds. The van der Waals surface area contributed by atoms with E-state index in [0.29, 0.717) is 38.4 Å². The van der Waals surface area contributed by atoms with Crippen LogP contribution < -0.4 is 10.1 Å². The topological polar surface area (TPSA) is 76.5 Å². The van der Waals surface area contributed by atoms with Crippen LogP contribution in [0.1, 0.15) is 46.6 Å². The number of aromatic nitrogens is 2. The smallest absolute Gasteiger partial charge is 0.406 e. The van der Waals surface area contributed by atoms with Gasteiger partial charge >= 0.3 is 6.36 Å². The molecule has 1 saturated carbocycles. The first-order valence-electron chi connectivity index (χ1n) is 10.2. The molecule has 0 atom stereocenters. The van der Waals surface area contributed by atoms with Crippen LogP contribution in [0.2, 0.25) is 0 Å². The molecule has 2 aliphatic rings. The summed E-state index contributed by atoms with van der Waals surface area (Å²) in [5, 5.41) is 7.51. The summed E-state index contributed by atoms with van der Waals surface area (Å²) in [7, 11) is 1.85. The van der Waals surface area contributed by atoms with E-state index in [1.54, 1.807) is 9.58 Å². The normalized spacial score (nSPS) is 16.1. The van der Waals surface area contributed by atoms with Gasteiger partial charge in [-0.3, -0.25) is 14.3 Å². The van der Waals surface area contributed by atoms with Crippen LogP contribution in [0.3, 0.4) is 0 Å². The summed E-state index contributed by atoms with van der Waals surface area (Å²) in [6, 6.07) is 5.22. The van der Waals surface area contributed by atoms with Gasteiger partial charge in [0, 0.05) is 62.3 Å². The van der Waals surface area contributed by atoms with Crippen molar-refractivity contribution in [2.24, 2.45) is 7.05 Å². The van der Waals surface area contributed by atoms with Crippen molar-refractivity contribution in [2.45, 2.75) is 51.1 Å². The van der Waals surface area contributed by atoms with E-state index < -0.39 is 6.36 Å². The lowest BCUT2D eigenvalue weighted by Crippen LogP contribution is -2.36. The van der Waals surface area contributed by atoms with Gasteiger partial charge in [0.05, 0.1) is 5.69 Å². The van der Waals surface area contributed by atoms with E-state index in [4.69, 9.17) is 0 Å². The fourth-order valence-corrected chi connectivity index (χ4v) is 3.79. The monoisotopic (exact) mass is 436 g/mol. The molecule has 1 N–H and O–H groups in total. The lowest BCUT2D eigenvalue weighted by molar-refractivity contribution is -0.274. The highest BCUT2D eigenvalue weighted by Crippen LogP contribution is 2.26. The van der Waals surface area contributed by atoms with Gasteiger partial charge in [-0.2, -0.15) is 5.10 Å². The molecular formula is C21H23F3N4O3. The molecule has 0 radical (unpaired) electrons. The summed E-state index contributed by atoms with van der Waals surface area (Å²) in [6.45, 7) is 0.830. The number of aryl methyl sites for hydroxylation is 2. The highest BCUT2D eigenvalue weighted by Gasteiger charge is 2.31. The third kappa shape index (κ3) is 5.18. The largest absolute Gasteiger partial charge is 0.573 e. The van der Waals surface area contributed by atoms with Gasteiger partial charge in [-0.25, -0.2) is 0 Å². The first-order valence-corrected chi connectivity index (χ1v) is 10.2. The second-order valence-electron chi connectivity index (χ2n) is 7.89. The summed E-state index contributed by atoms with van der Waals surface area (Å²) >= 11 is 0. The number of hydrogen-bond donors (Lipinski definition) is 1. The molecule has 2 heterocycles. The number of carbonyl (C=O) groups is 2. The number of nitrogens with one attached hydrogen (secondary N) is 1. The molecule has 0 spiro atoms. The zero-order chi connectivity index (χ0) is 22.2. The van der Waals surface area contributed by atoms with Crippen LogP contribution in [0.15, 0.2) is 24.3 Å². The lowest BCUT2D eigenvalue weighted by atomic mass is 10.0. The zero-order valence-corrected chi connectivity index (χ0v) is 17.0. The van der Waals surface area contributed by atoms with E-state index in [9.17, 15) is 22.8 Å². The third-order valence-corrected chi connectivity index (χ3v) is 5.48. The Kier molecular flexibility index (Phi) is 5.63. The number of fused-ring (bicyclic) bond motifs is 1. The maximum Gasteiger partial charge on any atom is 0.573 e. The molecule has 1 aromatic heterocycles. The average Bonchev–Trinajstić information content (AvgIpc) is 3.47. The van der Waals surface area contributed by atoms with Gasteiger partial charge in [0.15, 0.2) is 0 Å². The molecule has 166 valence electrons. The van der Waals surface area contributed by atoms with Crippen LogP contribution in [0.25, 0.3) is 0 Å². The van der Waals surface area contributed by atoms with E-state index in [0.717, 1.165) is 41.9 Å². The van der Waals surface area contributed by atoms with Gasteiger partial charge in [-0.1, -0.05) is 0 Å². The number of ether oxygens (including phenoxy) is 1. The Labute approximate surface area is 177 Å². The van der Waals surface area contributed by atoms with Crippen molar-refractivity contribution >= 4 is 11.8 Å². The Balaban J connectivity index is 1.42. The van der Waals surface area contributed by atoms with Gasteiger partial charge in [0.25, 0.3) is 5.91 Å². The first-order chi connectivity index (χ1) is 14.7. The molecule has 4 rings (SSSR count). The Morgan fingerprint density at radius 2 is 1.94 bits per heavy atom. The van der Waals surface area contributed by atoms with Crippen molar-refractivity contribution in [3.05, 3.63) is 46.8 Å². The van der Waals surface area contributed by atoms with Crippen LogP contribution in [0.4, 0.5) is 13.2 Å². The van der Waals surface area contributed by atoms with Crippen LogP contribution in [0.5, 0.6) is 5.75 Å². The average molecular weight is 436 g/mol. The van der Waals surface area contributed by atoms with Gasteiger partial charge in [0.2, 0.25) is 5.91 Å². The molecule has 0 unspecified atom stereocenters. The van der Waals surface area contributed by atoms with Gasteiger partial charge in [-0.15, -0.1) is 13.2 Å². The zero-order valence-electron chi connectivity index (χ0n) is 17.0. The van der Waals surface area contributed by atoms with Crippen molar-refractivity contribution in [3.63, 3.8) is 0 Å². The van der Waals surface area contributed by atoms with Crippen molar-refractivity contribution in [2.75, 3.05) is 6.54 Å². The highest BCUT2D eigenvalue weighted by atomic mass is 19.4. The molecule has 2 aromatic rings. The van der Waals surface area contributed by atoms with Gasteiger partial charge in [-0.05, 0) is 37.1 Å². The number of amides is 2. The molecule has 31 heavy (non-hydrogen) atoms. The molecule has 7 nitrogen and oxygen atoms in total. The molecule has 1 aromatic carbocycles. The summed E-state index contributed by atoms with van der Waals surface area (Å²) < 4.78 is 42.6. The minimum Gasteiger partial charge on any atom is -0.406 e. The van der Waals surface area contributed by atoms with Crippen LogP contribution in [0, 0.1) is 0 Å². The quantitative estimate of drug-likeness (QED) is 0.756. The number of halogens is 3. The van der Waals surface area contributed by atoms with Gasteiger partial charge < -0.3 is 15.0 Å². The molecule has 10 heteroatoms. The van der Waals surface area contributed by atoms with E-state index in [2.05, 4.69) is 15.2 Å². The van der Waals surface area contributed by atoms with E-state index >= 15 is 0 Å². The Bertz CT molecular complexity index is 981. The van der Waals surface area contributed by atoms with Crippen molar-refractivity contribution in [1.82, 2.24) is 20.0 Å². The summed E-state index contributed by atoms with van der Waals surface area (Å²) in [5.74, 6) is -0.638. The SMILES string of the molecule is Cn1nc(CCC(=O)NC2CC2)c2c1CCN(C(=O)c1ccc(OC(F)(F)F)cc1)C2. The second kappa shape index (κ2) is 8.24. The molecule has 1 aliphatic carbocycles. The number of rotatable bonds is 6. The van der Waals surface area contributed by atoms with Crippen molar-refractivity contribution < 1.29 is 27.5 Å². The van der Waals surface area contributed by atoms with E-state index in [-0.39, 0.29) is 23.1 Å². The van der Waals surface area contributed by atoms with Crippen LogP contribution >= 0.6 is 0 Å². The number of hydrogen-bond acceptors (Lipinski definition) is 4. The maximum absolute atomic E-state index is 12.9. The van der Waals surface area contributed by atoms with E-state index in [1.807, 2.05) is 7.05 Å². The van der Waals surface area contributed by atoms with Crippen LogP contribution in [-0.4, -0.2) is 45.4 Å². The van der Waals surface area contributed by atoms with Crippen LogP contribution in [-0.2, 0) is 31.2 Å². The Morgan fingerprint density at radius 1 is 1.23 bits per heavy atom. The highest BCUT2D eigenvalue weighted by molar-refractivity contribution is 5.94. The van der Waals surface area contributed by atoms with Crippen molar-refractivity contribution in [3.8, 4) is 5.75 Å². The maximum atomic E-state index is 12.9. The Hall–Kier alpha value is -3.04. The standard InChI is InChI=1S/C21H23F3N4O3/c1-27-18-10-11-28(20(30)13-2-6-15(7-3-13)31-21(22,23)24)12-16(18)17(26-27)8-9-19(29)25-14-4-5-14/h2-3,6-7,14H,4-5,8-12H2,1H3,(H,25,29). The molecule has 1 aliphatic heterocycles. The fraction of sp³-hybridized carbons (Fsp3) is 0.476. The number of alkyl halides is 3. The first kappa shape index (κ1) is 21.2. The summed E-state index contributed by atoms with van der Waals surface area (Å²) in [4.78, 5) is 26.6. The second-order valence-corrected chi connectivity index (χ2v) is 7.89. The molecule has 1 fully saturated rings. The van der Waals surface area contributed by atoms with Crippen molar-refractivity contribution in [1.29, 1.82) is 0 Å². The predicted octanol–water partition coefficient (Wildman–Crippen LogP) is 2.73. The minimum absolute atomic E-state index is 0.00631. The van der Waals surface area contributed by atoms with Gasteiger partial charge in [0.1, 0.15) is 5.75 Å². The number of benzene rings is 1. The number of carbonyl (C=O) groups excluding carboxylic acids is 2. The lowest BCUT2D eigenvalue weighted by Gasteiger charge is -2.28. The third-order valence-electron chi connectivity index (χ3n) is 5.48. The summed E-state index contributed by atoms with van der Waals surface area (Å²) in [6.07, 6.45) is -1.26. The number of nitrogens with zero attached hydrogens (tertiary/aromatic N) is 3. The van der Waals surface area contributed by atoms with E-state index in [1.165, 1.54) is 12.1 Å². The Morgan fingerprint density at radius 3 is 2.58 bits per heavy atom. The molecule has 0 bridgehead atoms.